The number of hydrogen-bond donors (Lipinski definition) is 0. The minimum atomic E-state index is -0.205. The highest BCUT2D eigenvalue weighted by atomic mass is 16.1. The van der Waals surface area contributed by atoms with Crippen LogP contribution in [0.2, 0.25) is 0 Å². The lowest BCUT2D eigenvalue weighted by molar-refractivity contribution is 0.104. The summed E-state index contributed by atoms with van der Waals surface area (Å²) in [5.74, 6) is 0.0934. The summed E-state index contributed by atoms with van der Waals surface area (Å²) in [5, 5.41) is 0. The first kappa shape index (κ1) is 33.8. The van der Waals surface area contributed by atoms with Crippen LogP contribution in [0.5, 0.6) is 0 Å². The molecule has 0 spiro atoms. The standard InChI is InChI=1S/C53H40BNO/c1-53(2,3)37-33-45-50-49(34-37)55(48-32-17-16-31-47(48)54(50)46-30-15-14-27-44(46)52(45)56)51-42(40-25-12-10-23-38(40)35-19-6-4-7-20-35)28-18-29-43(51)41-26-13-11-24-39(41)36-21-8-5-9-22-36/h4-34H,1-3H3. The predicted octanol–water partition coefficient (Wildman–Crippen LogP) is 11.5. The van der Waals surface area contributed by atoms with Crippen LogP contribution in [0.15, 0.2) is 188 Å². The number of para-hydroxylation sites is 2. The summed E-state index contributed by atoms with van der Waals surface area (Å²) in [6.07, 6.45) is 0. The average Bonchev–Trinajstić information content (AvgIpc) is 3.25. The maximum atomic E-state index is 14.7. The van der Waals surface area contributed by atoms with E-state index in [0.29, 0.717) is 0 Å². The second-order valence-electron chi connectivity index (χ2n) is 16.0. The fourth-order valence-electron chi connectivity index (χ4n) is 9.03. The van der Waals surface area contributed by atoms with E-state index in [1.807, 2.05) is 12.1 Å². The fraction of sp³-hybridized carbons (Fsp3) is 0.0755. The van der Waals surface area contributed by atoms with Gasteiger partial charge >= 0.3 is 0 Å². The van der Waals surface area contributed by atoms with Crippen molar-refractivity contribution < 1.29 is 4.79 Å². The van der Waals surface area contributed by atoms with Crippen molar-refractivity contribution in [1.29, 1.82) is 0 Å². The number of ketones is 1. The van der Waals surface area contributed by atoms with Crippen LogP contribution in [-0.2, 0) is 5.41 Å². The number of carbonyl (C=O) groups is 1. The van der Waals surface area contributed by atoms with Crippen molar-refractivity contribution >= 4 is 45.9 Å². The Morgan fingerprint density at radius 1 is 0.411 bits per heavy atom. The quantitative estimate of drug-likeness (QED) is 0.165. The molecule has 10 rings (SSSR count). The molecule has 0 unspecified atom stereocenters. The van der Waals surface area contributed by atoms with E-state index in [9.17, 15) is 4.79 Å². The minimum absolute atomic E-state index is 0.0841. The largest absolute Gasteiger partial charge is 0.310 e. The molecule has 2 nitrogen and oxygen atoms in total. The van der Waals surface area contributed by atoms with Crippen LogP contribution in [0.1, 0.15) is 42.3 Å². The number of fused-ring (bicyclic) bond motifs is 4. The highest BCUT2D eigenvalue weighted by Gasteiger charge is 2.44. The van der Waals surface area contributed by atoms with E-state index in [4.69, 9.17) is 0 Å². The molecule has 0 saturated heterocycles. The lowest BCUT2D eigenvalue weighted by atomic mass is 9.32. The SMILES string of the molecule is CC(C)(C)c1cc2c3c(c1)N(c1c(-c4ccccc4-c4ccccc4)cccc1-c1ccccc1-c1ccccc1)c1ccccc1B3c1ccccc1C2=O. The first-order valence-electron chi connectivity index (χ1n) is 19.5. The van der Waals surface area contributed by atoms with Gasteiger partial charge in [0.25, 0.3) is 0 Å². The molecular formula is C53H40BNO. The van der Waals surface area contributed by atoms with E-state index in [-0.39, 0.29) is 17.9 Å². The van der Waals surface area contributed by atoms with Crippen LogP contribution in [0, 0.1) is 0 Å². The Morgan fingerprint density at radius 2 is 0.875 bits per heavy atom. The van der Waals surface area contributed by atoms with Crippen molar-refractivity contribution in [3.05, 3.63) is 205 Å². The van der Waals surface area contributed by atoms with Gasteiger partial charge in [-0.15, -0.1) is 0 Å². The first-order chi connectivity index (χ1) is 27.4. The van der Waals surface area contributed by atoms with Crippen LogP contribution in [0.25, 0.3) is 44.5 Å². The van der Waals surface area contributed by atoms with Crippen LogP contribution in [0.3, 0.4) is 0 Å². The van der Waals surface area contributed by atoms with Crippen LogP contribution in [0.4, 0.5) is 17.1 Å². The van der Waals surface area contributed by atoms with Gasteiger partial charge in [-0.1, -0.05) is 196 Å². The minimum Gasteiger partial charge on any atom is -0.310 e. The number of carbonyl (C=O) groups excluding carboxylic acids is 1. The second kappa shape index (κ2) is 13.2. The van der Waals surface area contributed by atoms with Crippen molar-refractivity contribution in [2.24, 2.45) is 0 Å². The maximum absolute atomic E-state index is 14.7. The summed E-state index contributed by atoms with van der Waals surface area (Å²) in [6, 6.07) is 67.3. The number of nitrogens with zero attached hydrogens (tertiary/aromatic N) is 1. The van der Waals surface area contributed by atoms with E-state index in [0.717, 1.165) is 78.1 Å². The number of benzene rings is 8. The van der Waals surface area contributed by atoms with Crippen LogP contribution < -0.4 is 21.3 Å². The van der Waals surface area contributed by atoms with Gasteiger partial charge in [0.1, 0.15) is 0 Å². The monoisotopic (exact) mass is 717 g/mol. The van der Waals surface area contributed by atoms with E-state index in [1.54, 1.807) is 0 Å². The van der Waals surface area contributed by atoms with Gasteiger partial charge in [-0.2, -0.15) is 0 Å². The van der Waals surface area contributed by atoms with Crippen molar-refractivity contribution in [1.82, 2.24) is 0 Å². The van der Waals surface area contributed by atoms with Gasteiger partial charge in [-0.05, 0) is 73.5 Å². The predicted molar refractivity (Wildman–Crippen MR) is 236 cm³/mol. The second-order valence-corrected chi connectivity index (χ2v) is 16.0. The third-order valence-electron chi connectivity index (χ3n) is 11.7. The summed E-state index contributed by atoms with van der Waals surface area (Å²) in [7, 11) is 0. The summed E-state index contributed by atoms with van der Waals surface area (Å²) in [6.45, 7) is 6.64. The summed E-state index contributed by atoms with van der Waals surface area (Å²) < 4.78 is 0. The lowest BCUT2D eigenvalue weighted by Crippen LogP contribution is -2.62. The van der Waals surface area contributed by atoms with E-state index < -0.39 is 0 Å². The Bertz CT molecular complexity index is 2710. The molecule has 0 N–H and O–H groups in total. The van der Waals surface area contributed by atoms with E-state index >= 15 is 0 Å². The molecule has 2 aliphatic rings. The lowest BCUT2D eigenvalue weighted by Gasteiger charge is -2.42. The molecule has 0 fully saturated rings. The molecule has 0 atom stereocenters. The van der Waals surface area contributed by atoms with Gasteiger partial charge in [0.05, 0.1) is 5.69 Å². The summed E-state index contributed by atoms with van der Waals surface area (Å²) in [4.78, 5) is 17.2. The number of hydrogen-bond acceptors (Lipinski definition) is 2. The van der Waals surface area contributed by atoms with E-state index in [2.05, 4.69) is 202 Å². The van der Waals surface area contributed by atoms with Gasteiger partial charge in [0.2, 0.25) is 6.71 Å². The molecular weight excluding hydrogens is 677 g/mol. The molecule has 56 heavy (non-hydrogen) atoms. The first-order valence-corrected chi connectivity index (χ1v) is 19.5. The zero-order valence-corrected chi connectivity index (χ0v) is 31.8. The molecule has 0 bridgehead atoms. The highest BCUT2D eigenvalue weighted by Crippen LogP contribution is 2.51. The van der Waals surface area contributed by atoms with Crippen molar-refractivity contribution in [2.45, 2.75) is 26.2 Å². The van der Waals surface area contributed by atoms with Crippen LogP contribution in [-0.4, -0.2) is 12.5 Å². The van der Waals surface area contributed by atoms with E-state index in [1.165, 1.54) is 16.6 Å². The normalized spacial score (nSPS) is 12.9. The Kier molecular flexibility index (Phi) is 8.00. The smallest absolute Gasteiger partial charge is 0.248 e. The average molecular weight is 718 g/mol. The Hall–Kier alpha value is -6.71. The van der Waals surface area contributed by atoms with Gasteiger partial charge < -0.3 is 4.90 Å². The fourth-order valence-corrected chi connectivity index (χ4v) is 9.03. The zero-order valence-electron chi connectivity index (χ0n) is 31.8. The highest BCUT2D eigenvalue weighted by molar-refractivity contribution is 7.00. The molecule has 0 aromatic heterocycles. The Balaban J connectivity index is 1.36. The topological polar surface area (TPSA) is 20.3 Å². The molecule has 0 amide bonds. The third kappa shape index (κ3) is 5.38. The molecule has 8 aromatic carbocycles. The summed E-state index contributed by atoms with van der Waals surface area (Å²) >= 11 is 0. The van der Waals surface area contributed by atoms with Gasteiger partial charge in [0.15, 0.2) is 5.78 Å². The molecule has 266 valence electrons. The number of rotatable bonds is 5. The molecule has 0 saturated carbocycles. The van der Waals surface area contributed by atoms with Crippen molar-refractivity contribution in [3.63, 3.8) is 0 Å². The summed E-state index contributed by atoms with van der Waals surface area (Å²) in [5.41, 5.74) is 18.3. The maximum Gasteiger partial charge on any atom is 0.248 e. The van der Waals surface area contributed by atoms with Gasteiger partial charge in [-0.3, -0.25) is 4.79 Å². The number of anilines is 3. The van der Waals surface area contributed by atoms with Crippen molar-refractivity contribution in [2.75, 3.05) is 4.90 Å². The third-order valence-corrected chi connectivity index (χ3v) is 11.7. The molecule has 8 aromatic rings. The van der Waals surface area contributed by atoms with Crippen LogP contribution >= 0.6 is 0 Å². The van der Waals surface area contributed by atoms with Gasteiger partial charge in [-0.25, -0.2) is 0 Å². The van der Waals surface area contributed by atoms with Gasteiger partial charge in [0, 0.05) is 33.6 Å². The molecule has 0 radical (unpaired) electrons. The Morgan fingerprint density at radius 3 is 1.45 bits per heavy atom. The van der Waals surface area contributed by atoms with Crippen molar-refractivity contribution in [3.8, 4) is 44.5 Å². The zero-order chi connectivity index (χ0) is 38.0. The molecule has 0 aliphatic carbocycles. The Labute approximate surface area is 329 Å². The molecule has 2 heterocycles. The molecule has 3 heteroatoms. The molecule has 2 aliphatic heterocycles.